The number of halogens is 1. The number of anilines is 1. The van der Waals surface area contributed by atoms with Crippen LogP contribution in [0.3, 0.4) is 0 Å². The highest BCUT2D eigenvalue weighted by molar-refractivity contribution is 9.11. The second kappa shape index (κ2) is 5.98. The molecule has 0 aliphatic carbocycles. The number of nitrogens with zero attached hydrogens (tertiary/aromatic N) is 3. The lowest BCUT2D eigenvalue weighted by Gasteiger charge is -2.20. The predicted molar refractivity (Wildman–Crippen MR) is 76.1 cm³/mol. The Hall–Kier alpha value is -1.39. The van der Waals surface area contributed by atoms with Crippen LogP contribution in [0, 0.1) is 5.39 Å². The molecule has 0 aliphatic rings. The van der Waals surface area contributed by atoms with Gasteiger partial charge in [-0.3, -0.25) is 4.31 Å². The number of hydrogen-bond acceptors (Lipinski definition) is 3. The molecule has 7 heteroatoms. The zero-order valence-corrected chi connectivity index (χ0v) is 12.4. The first-order valence-corrected chi connectivity index (χ1v) is 7.76. The molecule has 0 N–H and O–H groups in total. The third-order valence-electron chi connectivity index (χ3n) is 2.27. The molecule has 0 fully saturated rings. The summed E-state index contributed by atoms with van der Waals surface area (Å²) in [6.07, 6.45) is 2.87. The van der Waals surface area contributed by atoms with E-state index in [4.69, 9.17) is 5.39 Å². The summed E-state index contributed by atoms with van der Waals surface area (Å²) in [4.78, 5) is 3.10. The molecule has 1 aromatic rings. The molecule has 0 spiro atoms. The summed E-state index contributed by atoms with van der Waals surface area (Å²) in [5.41, 5.74) is 0.542. The molecule has 5 nitrogen and oxygen atoms in total. The van der Waals surface area contributed by atoms with Crippen molar-refractivity contribution in [2.75, 3.05) is 17.1 Å². The SMILES string of the molecule is C/C=C(\Br)CN(c1ccccc1[N+]#N)S(C)(=O)=O. The Morgan fingerprint density at radius 2 is 2.11 bits per heavy atom. The van der Waals surface area contributed by atoms with E-state index in [0.717, 1.165) is 10.7 Å². The van der Waals surface area contributed by atoms with E-state index in [1.807, 2.05) is 0 Å². The number of diazo groups is 1. The zero-order valence-electron chi connectivity index (χ0n) is 10.0. The smallest absolute Gasteiger partial charge is 0.258 e. The van der Waals surface area contributed by atoms with E-state index in [0.29, 0.717) is 5.69 Å². The standard InChI is InChI=1S/C11H13BrN3O2S/c1-3-9(12)8-15(18(2,16)17)11-7-5-4-6-10(11)14-13/h3-7H,8H2,1-2H3/q+1/b9-3-. The number of para-hydroxylation sites is 1. The van der Waals surface area contributed by atoms with Crippen molar-refractivity contribution in [1.29, 1.82) is 5.39 Å². The molecule has 0 saturated heterocycles. The van der Waals surface area contributed by atoms with Gasteiger partial charge in [0, 0.05) is 10.5 Å². The first kappa shape index (κ1) is 14.7. The van der Waals surface area contributed by atoms with Gasteiger partial charge in [-0.15, -0.1) is 0 Å². The van der Waals surface area contributed by atoms with Gasteiger partial charge >= 0.3 is 5.69 Å². The van der Waals surface area contributed by atoms with Crippen molar-refractivity contribution in [2.24, 2.45) is 0 Å². The quantitative estimate of drug-likeness (QED) is 0.796. The molecular weight excluding hydrogens is 318 g/mol. The van der Waals surface area contributed by atoms with E-state index < -0.39 is 10.0 Å². The first-order chi connectivity index (χ1) is 8.40. The Morgan fingerprint density at radius 1 is 1.50 bits per heavy atom. The number of rotatable bonds is 4. The highest BCUT2D eigenvalue weighted by Crippen LogP contribution is 2.31. The lowest BCUT2D eigenvalue weighted by atomic mass is 10.2. The molecule has 18 heavy (non-hydrogen) atoms. The van der Waals surface area contributed by atoms with Crippen molar-refractivity contribution < 1.29 is 8.42 Å². The van der Waals surface area contributed by atoms with Crippen molar-refractivity contribution in [3.8, 4) is 0 Å². The van der Waals surface area contributed by atoms with Crippen LogP contribution in [-0.2, 0) is 10.0 Å². The minimum atomic E-state index is -3.46. The summed E-state index contributed by atoms with van der Waals surface area (Å²) in [7, 11) is -3.46. The van der Waals surface area contributed by atoms with Crippen molar-refractivity contribution in [1.82, 2.24) is 0 Å². The predicted octanol–water partition coefficient (Wildman–Crippen LogP) is 3.24. The van der Waals surface area contributed by atoms with Crippen LogP contribution < -0.4 is 4.31 Å². The molecule has 0 unspecified atom stereocenters. The topological polar surface area (TPSA) is 65.5 Å². The van der Waals surface area contributed by atoms with Gasteiger partial charge < -0.3 is 0 Å². The second-order valence-electron chi connectivity index (χ2n) is 3.59. The molecule has 0 amide bonds. The number of benzene rings is 1. The summed E-state index contributed by atoms with van der Waals surface area (Å²) in [5, 5.41) is 8.90. The van der Waals surface area contributed by atoms with E-state index >= 15 is 0 Å². The summed E-state index contributed by atoms with van der Waals surface area (Å²) in [6, 6.07) is 6.48. The van der Waals surface area contributed by atoms with Gasteiger partial charge in [-0.25, -0.2) is 8.42 Å². The fourth-order valence-corrected chi connectivity index (χ4v) is 2.67. The van der Waals surface area contributed by atoms with Gasteiger partial charge in [0.25, 0.3) is 0 Å². The van der Waals surface area contributed by atoms with E-state index in [2.05, 4.69) is 20.9 Å². The minimum Gasteiger partial charge on any atom is -0.258 e. The van der Waals surface area contributed by atoms with Crippen LogP contribution in [0.15, 0.2) is 34.8 Å². The Kier molecular flexibility index (Phi) is 4.87. The van der Waals surface area contributed by atoms with Gasteiger partial charge in [0.2, 0.25) is 15.4 Å². The molecule has 0 aliphatic heterocycles. The Morgan fingerprint density at radius 3 is 2.61 bits per heavy atom. The lowest BCUT2D eigenvalue weighted by Crippen LogP contribution is -2.31. The average molecular weight is 331 g/mol. The summed E-state index contributed by atoms with van der Waals surface area (Å²) < 4.78 is 25.5. The zero-order chi connectivity index (χ0) is 13.8. The van der Waals surface area contributed by atoms with Gasteiger partial charge in [-0.2, -0.15) is 0 Å². The molecule has 96 valence electrons. The van der Waals surface area contributed by atoms with E-state index in [-0.39, 0.29) is 12.2 Å². The summed E-state index contributed by atoms with van der Waals surface area (Å²) >= 11 is 3.28. The average Bonchev–Trinajstić information content (AvgIpc) is 2.34. The number of allylic oxidation sites excluding steroid dienone is 1. The minimum absolute atomic E-state index is 0.155. The molecule has 0 heterocycles. The maximum atomic E-state index is 11.8. The largest absolute Gasteiger partial charge is 0.409 e. The Balaban J connectivity index is 3.32. The molecule has 0 bridgehead atoms. The van der Waals surface area contributed by atoms with Crippen LogP contribution >= 0.6 is 15.9 Å². The number of hydrogen-bond donors (Lipinski definition) is 0. The summed E-state index contributed by atoms with van der Waals surface area (Å²) in [6.45, 7) is 1.95. The monoisotopic (exact) mass is 330 g/mol. The maximum Gasteiger partial charge on any atom is 0.409 e. The van der Waals surface area contributed by atoms with Crippen LogP contribution in [0.5, 0.6) is 0 Å². The van der Waals surface area contributed by atoms with Crippen molar-refractivity contribution in [3.63, 3.8) is 0 Å². The second-order valence-corrected chi connectivity index (χ2v) is 6.52. The highest BCUT2D eigenvalue weighted by Gasteiger charge is 2.26. The first-order valence-electron chi connectivity index (χ1n) is 5.12. The molecule has 1 rings (SSSR count). The third kappa shape index (κ3) is 3.55. The fourth-order valence-electron chi connectivity index (χ4n) is 1.37. The van der Waals surface area contributed by atoms with Crippen molar-refractivity contribution in [2.45, 2.75) is 6.92 Å². The molecular formula is C11H13BrN3O2S+. The van der Waals surface area contributed by atoms with Crippen LogP contribution in [0.25, 0.3) is 4.98 Å². The molecule has 0 atom stereocenters. The van der Waals surface area contributed by atoms with Gasteiger partial charge in [-0.1, -0.05) is 34.1 Å². The van der Waals surface area contributed by atoms with Crippen LogP contribution in [0.2, 0.25) is 0 Å². The molecule has 0 radical (unpaired) electrons. The van der Waals surface area contributed by atoms with Gasteiger partial charge in [0.05, 0.1) is 12.8 Å². The van der Waals surface area contributed by atoms with Crippen LogP contribution in [0.4, 0.5) is 11.4 Å². The van der Waals surface area contributed by atoms with Crippen molar-refractivity contribution >= 4 is 37.3 Å². The highest BCUT2D eigenvalue weighted by atomic mass is 79.9. The summed E-state index contributed by atoms with van der Waals surface area (Å²) in [5.74, 6) is 0. The van der Waals surface area contributed by atoms with Crippen LogP contribution in [-0.4, -0.2) is 21.2 Å². The number of sulfonamides is 1. The van der Waals surface area contributed by atoms with E-state index in [1.165, 1.54) is 10.4 Å². The fraction of sp³-hybridized carbons (Fsp3) is 0.273. The van der Waals surface area contributed by atoms with E-state index in [1.54, 1.807) is 31.2 Å². The third-order valence-corrected chi connectivity index (χ3v) is 4.10. The Labute approximate surface area is 115 Å². The van der Waals surface area contributed by atoms with Gasteiger partial charge in [-0.05, 0) is 13.0 Å². The molecule has 0 aromatic heterocycles. The maximum absolute atomic E-state index is 11.8. The lowest BCUT2D eigenvalue weighted by molar-refractivity contribution is 0.598. The van der Waals surface area contributed by atoms with E-state index in [9.17, 15) is 8.42 Å². The van der Waals surface area contributed by atoms with Gasteiger partial charge in [0.1, 0.15) is 5.69 Å². The van der Waals surface area contributed by atoms with Crippen LogP contribution in [0.1, 0.15) is 6.92 Å². The normalized spacial score (nSPS) is 12.0. The molecule has 1 aromatic carbocycles. The Bertz CT molecular complexity index is 605. The van der Waals surface area contributed by atoms with Crippen molar-refractivity contribution in [3.05, 3.63) is 39.8 Å². The molecule has 0 saturated carbocycles. The van der Waals surface area contributed by atoms with Gasteiger partial charge in [0.15, 0.2) is 4.98 Å².